The Hall–Kier alpha value is -1.96. The van der Waals surface area contributed by atoms with Crippen molar-refractivity contribution in [3.63, 3.8) is 0 Å². The maximum absolute atomic E-state index is 11.7. The maximum Gasteiger partial charge on any atom is 0.257 e. The van der Waals surface area contributed by atoms with Gasteiger partial charge in [-0.2, -0.15) is 0 Å². The molecule has 0 radical (unpaired) electrons. The molecule has 19 heavy (non-hydrogen) atoms. The van der Waals surface area contributed by atoms with Crippen LogP contribution in [0.2, 0.25) is 0 Å². The number of benzene rings is 1. The molecule has 2 rings (SSSR count). The summed E-state index contributed by atoms with van der Waals surface area (Å²) < 4.78 is 0. The van der Waals surface area contributed by atoms with E-state index >= 15 is 0 Å². The maximum atomic E-state index is 11.7. The van der Waals surface area contributed by atoms with Gasteiger partial charge < -0.3 is 5.32 Å². The lowest BCUT2D eigenvalue weighted by atomic mass is 10.1. The van der Waals surface area contributed by atoms with Gasteiger partial charge in [0.05, 0.1) is 0 Å². The van der Waals surface area contributed by atoms with E-state index < -0.39 is 24.0 Å². The highest BCUT2D eigenvalue weighted by molar-refractivity contribution is 6.00. The van der Waals surface area contributed by atoms with Gasteiger partial charge in [0.25, 0.3) is 5.91 Å². The summed E-state index contributed by atoms with van der Waals surface area (Å²) in [4.78, 5) is 22.8. The van der Waals surface area contributed by atoms with Crippen molar-refractivity contribution in [2.24, 2.45) is 5.92 Å². The average molecular weight is 264 g/mol. The number of hydrogen-bond acceptors (Lipinski definition) is 5. The van der Waals surface area contributed by atoms with Crippen LogP contribution in [0.4, 0.5) is 0 Å². The van der Waals surface area contributed by atoms with Crippen LogP contribution >= 0.6 is 0 Å². The number of rotatable bonds is 4. The highest BCUT2D eigenvalue weighted by atomic mass is 16.5. The number of hydroxylamine groups is 1. The minimum Gasteiger partial charge on any atom is -0.327 e. The van der Waals surface area contributed by atoms with Gasteiger partial charge in [-0.15, -0.1) is 0 Å². The minimum absolute atomic E-state index is 0.171. The zero-order valence-electron chi connectivity index (χ0n) is 10.2. The third kappa shape index (κ3) is 3.50. The number of nitrogens with one attached hydrogen (secondary N) is 4. The lowest BCUT2D eigenvalue weighted by Crippen LogP contribution is -2.64. The van der Waals surface area contributed by atoms with E-state index in [1.165, 1.54) is 5.48 Å². The molecule has 1 aliphatic heterocycles. The van der Waals surface area contributed by atoms with E-state index in [0.29, 0.717) is 6.54 Å². The van der Waals surface area contributed by atoms with Crippen LogP contribution in [0.15, 0.2) is 30.3 Å². The van der Waals surface area contributed by atoms with E-state index in [1.807, 2.05) is 30.3 Å². The van der Waals surface area contributed by atoms with Crippen LogP contribution in [0.25, 0.3) is 0 Å². The number of amides is 2. The van der Waals surface area contributed by atoms with Crippen LogP contribution in [0.1, 0.15) is 5.56 Å². The van der Waals surface area contributed by atoms with Crippen molar-refractivity contribution in [1.82, 2.24) is 21.4 Å². The number of carbonyl (C=O) groups is 2. The summed E-state index contributed by atoms with van der Waals surface area (Å²) in [5.74, 6) is -2.05. The molecule has 0 aliphatic carbocycles. The first-order valence-corrected chi connectivity index (χ1v) is 5.95. The smallest absolute Gasteiger partial charge is 0.257 e. The van der Waals surface area contributed by atoms with Crippen LogP contribution in [-0.4, -0.2) is 29.9 Å². The molecule has 7 heteroatoms. The van der Waals surface area contributed by atoms with E-state index in [9.17, 15) is 9.59 Å². The molecule has 1 aromatic rings. The van der Waals surface area contributed by atoms with Gasteiger partial charge in [0.2, 0.25) is 5.91 Å². The van der Waals surface area contributed by atoms with E-state index in [-0.39, 0.29) is 6.54 Å². The second-order valence-corrected chi connectivity index (χ2v) is 4.24. The van der Waals surface area contributed by atoms with Crippen LogP contribution in [-0.2, 0) is 16.1 Å². The van der Waals surface area contributed by atoms with Gasteiger partial charge in [-0.05, 0) is 5.56 Å². The normalized spacial score (nSPS) is 22.7. The predicted octanol–water partition coefficient (Wildman–Crippen LogP) is -1.10. The molecule has 2 amide bonds. The van der Waals surface area contributed by atoms with E-state index in [1.54, 1.807) is 0 Å². The van der Waals surface area contributed by atoms with Crippen LogP contribution in [0.3, 0.4) is 0 Å². The number of hydrogen-bond donors (Lipinski definition) is 5. The summed E-state index contributed by atoms with van der Waals surface area (Å²) in [6.07, 6.45) is -0.393. The molecule has 1 saturated heterocycles. The molecular weight excluding hydrogens is 248 g/mol. The van der Waals surface area contributed by atoms with Crippen molar-refractivity contribution < 1.29 is 14.8 Å². The molecule has 7 nitrogen and oxygen atoms in total. The van der Waals surface area contributed by atoms with Gasteiger partial charge in [0, 0.05) is 13.1 Å². The van der Waals surface area contributed by atoms with Crippen molar-refractivity contribution in [2.75, 3.05) is 6.54 Å². The molecule has 5 N–H and O–H groups in total. The quantitative estimate of drug-likeness (QED) is 0.270. The summed E-state index contributed by atoms with van der Waals surface area (Å²) in [7, 11) is 0. The highest BCUT2D eigenvalue weighted by Crippen LogP contribution is 2.02. The second-order valence-electron chi connectivity index (χ2n) is 4.24. The largest absolute Gasteiger partial charge is 0.327 e. The minimum atomic E-state index is -0.917. The molecular formula is C12H16N4O3. The Kier molecular flexibility index (Phi) is 4.45. The van der Waals surface area contributed by atoms with Crippen molar-refractivity contribution >= 4 is 11.8 Å². The molecule has 0 spiro atoms. The van der Waals surface area contributed by atoms with Gasteiger partial charge in [-0.3, -0.25) is 25.4 Å². The van der Waals surface area contributed by atoms with Crippen molar-refractivity contribution in [2.45, 2.75) is 12.8 Å². The van der Waals surface area contributed by atoms with E-state index in [4.69, 9.17) is 5.21 Å². The first-order chi connectivity index (χ1) is 9.20. The fourth-order valence-corrected chi connectivity index (χ4v) is 1.85. The van der Waals surface area contributed by atoms with Gasteiger partial charge in [0.15, 0.2) is 0 Å². The molecule has 0 aromatic heterocycles. The van der Waals surface area contributed by atoms with Gasteiger partial charge in [-0.1, -0.05) is 30.3 Å². The monoisotopic (exact) mass is 264 g/mol. The molecule has 1 fully saturated rings. The fourth-order valence-electron chi connectivity index (χ4n) is 1.85. The van der Waals surface area contributed by atoms with Crippen molar-refractivity contribution in [3.8, 4) is 0 Å². The van der Waals surface area contributed by atoms with Gasteiger partial charge >= 0.3 is 0 Å². The molecule has 1 heterocycles. The molecule has 1 aliphatic rings. The summed E-state index contributed by atoms with van der Waals surface area (Å²) >= 11 is 0. The molecule has 0 saturated carbocycles. The first-order valence-electron chi connectivity index (χ1n) is 5.95. The lowest BCUT2D eigenvalue weighted by Gasteiger charge is -2.29. The van der Waals surface area contributed by atoms with Crippen LogP contribution < -0.4 is 21.4 Å². The lowest BCUT2D eigenvalue weighted by molar-refractivity contribution is -0.142. The Morgan fingerprint density at radius 3 is 2.74 bits per heavy atom. The zero-order valence-corrected chi connectivity index (χ0v) is 10.2. The second kappa shape index (κ2) is 6.28. The third-order valence-corrected chi connectivity index (χ3v) is 2.91. The SMILES string of the molecule is O=C(NO)C1CNC(NCc2ccccc2)NC1=O. The van der Waals surface area contributed by atoms with Crippen LogP contribution in [0.5, 0.6) is 0 Å². The zero-order chi connectivity index (χ0) is 13.7. The molecule has 2 atom stereocenters. The topological polar surface area (TPSA) is 102 Å². The third-order valence-electron chi connectivity index (χ3n) is 2.91. The highest BCUT2D eigenvalue weighted by Gasteiger charge is 2.32. The number of carbonyl (C=O) groups excluding carboxylic acids is 2. The van der Waals surface area contributed by atoms with E-state index in [2.05, 4.69) is 16.0 Å². The Balaban J connectivity index is 1.82. The van der Waals surface area contributed by atoms with Gasteiger partial charge in [0.1, 0.15) is 12.2 Å². The standard InChI is InChI=1S/C12H16N4O3/c17-10-9(11(18)16-19)7-14-12(15-10)13-6-8-4-2-1-3-5-8/h1-5,9,12-14,19H,6-7H2,(H,15,17)(H,16,18). The average Bonchev–Trinajstić information content (AvgIpc) is 2.45. The predicted molar refractivity (Wildman–Crippen MR) is 66.6 cm³/mol. The van der Waals surface area contributed by atoms with Crippen molar-refractivity contribution in [1.29, 1.82) is 0 Å². The summed E-state index contributed by atoms with van der Waals surface area (Å²) in [6, 6.07) is 9.75. The van der Waals surface area contributed by atoms with Crippen LogP contribution in [0, 0.1) is 5.92 Å². The Labute approximate surface area is 110 Å². The Morgan fingerprint density at radius 2 is 2.11 bits per heavy atom. The van der Waals surface area contributed by atoms with Crippen molar-refractivity contribution in [3.05, 3.63) is 35.9 Å². The first kappa shape index (κ1) is 13.5. The summed E-state index contributed by atoms with van der Waals surface area (Å²) in [5.41, 5.74) is 2.57. The Morgan fingerprint density at radius 1 is 1.37 bits per heavy atom. The summed E-state index contributed by atoms with van der Waals surface area (Å²) in [6.45, 7) is 0.764. The van der Waals surface area contributed by atoms with Gasteiger partial charge in [-0.25, -0.2) is 5.48 Å². The molecule has 0 bridgehead atoms. The fraction of sp³-hybridized carbons (Fsp3) is 0.333. The molecule has 1 aromatic carbocycles. The Bertz CT molecular complexity index is 452. The van der Waals surface area contributed by atoms with E-state index in [0.717, 1.165) is 5.56 Å². The summed E-state index contributed by atoms with van der Waals surface area (Å²) in [5, 5.41) is 17.2. The molecule has 2 unspecified atom stereocenters. The molecule has 102 valence electrons.